The number of ether oxygens (including phenoxy) is 2. The van der Waals surface area contributed by atoms with Crippen LogP contribution in [0, 0.1) is 0 Å². The number of hydrogen-bond acceptors (Lipinski definition) is 4. The van der Waals surface area contributed by atoms with E-state index < -0.39 is 12.3 Å². The van der Waals surface area contributed by atoms with Gasteiger partial charge in [-0.25, -0.2) is 0 Å². The number of carboxylic acid groups (broad SMARTS) is 1. The van der Waals surface area contributed by atoms with Crippen LogP contribution in [0.15, 0.2) is 0 Å². The van der Waals surface area contributed by atoms with Crippen molar-refractivity contribution in [2.24, 2.45) is 0 Å². The Kier molecular flexibility index (Phi) is 7.14. The van der Waals surface area contributed by atoms with Crippen LogP contribution in [0.5, 0.6) is 0 Å². The molecule has 0 unspecified atom stereocenters. The summed E-state index contributed by atoms with van der Waals surface area (Å²) in [4.78, 5) is 10.00. The fourth-order valence-corrected chi connectivity index (χ4v) is 0.791. The standard InChI is InChI=1S/C6H10O4.K/c7-5(8)4-6-9-2-1-3-10-6;/h6H,1-4H2,(H,7,8);/q;+1/p-1. The molecule has 5 heteroatoms. The molecule has 0 spiro atoms. The molecule has 0 bridgehead atoms. The molecule has 0 amide bonds. The molecule has 58 valence electrons. The van der Waals surface area contributed by atoms with Gasteiger partial charge in [-0.3, -0.25) is 0 Å². The van der Waals surface area contributed by atoms with Crippen LogP contribution in [0.1, 0.15) is 12.8 Å². The molecule has 0 aromatic heterocycles. The Bertz CT molecular complexity index is 122. The van der Waals surface area contributed by atoms with E-state index in [2.05, 4.69) is 0 Å². The third-order valence-electron chi connectivity index (χ3n) is 1.23. The summed E-state index contributed by atoms with van der Waals surface area (Å²) < 4.78 is 9.89. The molecule has 0 aromatic rings. The Morgan fingerprint density at radius 3 is 2.45 bits per heavy atom. The monoisotopic (exact) mass is 184 g/mol. The summed E-state index contributed by atoms with van der Waals surface area (Å²) in [5, 5.41) is 10.00. The fourth-order valence-electron chi connectivity index (χ4n) is 0.791. The zero-order valence-electron chi connectivity index (χ0n) is 6.54. The normalized spacial score (nSPS) is 18.9. The van der Waals surface area contributed by atoms with Crippen molar-refractivity contribution < 1.29 is 70.8 Å². The van der Waals surface area contributed by atoms with Gasteiger partial charge in [-0.15, -0.1) is 0 Å². The molecule has 0 N–H and O–H groups in total. The Morgan fingerprint density at radius 1 is 1.45 bits per heavy atom. The Labute approximate surface area is 108 Å². The predicted octanol–water partition coefficient (Wildman–Crippen LogP) is -4.11. The quantitative estimate of drug-likeness (QED) is 0.409. The summed E-state index contributed by atoms with van der Waals surface area (Å²) in [7, 11) is 0. The summed E-state index contributed by atoms with van der Waals surface area (Å²) in [6, 6.07) is 0. The van der Waals surface area contributed by atoms with Gasteiger partial charge in [0.25, 0.3) is 0 Å². The van der Waals surface area contributed by atoms with Crippen LogP contribution in [0.2, 0.25) is 0 Å². The number of carbonyl (C=O) groups excluding carboxylic acids is 1. The van der Waals surface area contributed by atoms with Crippen molar-refractivity contribution in [3.05, 3.63) is 0 Å². The number of carbonyl (C=O) groups is 1. The van der Waals surface area contributed by atoms with Gasteiger partial charge in [0.2, 0.25) is 0 Å². The van der Waals surface area contributed by atoms with Crippen LogP contribution < -0.4 is 56.5 Å². The molecule has 0 atom stereocenters. The van der Waals surface area contributed by atoms with Crippen LogP contribution >= 0.6 is 0 Å². The molecule has 1 saturated heterocycles. The first-order valence-electron chi connectivity index (χ1n) is 3.22. The van der Waals surface area contributed by atoms with Gasteiger partial charge >= 0.3 is 51.4 Å². The minimum absolute atomic E-state index is 0. The third-order valence-corrected chi connectivity index (χ3v) is 1.23. The number of aliphatic carboxylic acids is 1. The number of hydrogen-bond donors (Lipinski definition) is 0. The smallest absolute Gasteiger partial charge is 0.550 e. The molecule has 0 saturated carbocycles. The van der Waals surface area contributed by atoms with E-state index in [4.69, 9.17) is 9.47 Å². The summed E-state index contributed by atoms with van der Waals surface area (Å²) in [5.41, 5.74) is 0. The summed E-state index contributed by atoms with van der Waals surface area (Å²) in [6.45, 7) is 1.16. The molecule has 1 heterocycles. The van der Waals surface area contributed by atoms with Crippen molar-refractivity contribution in [2.45, 2.75) is 19.1 Å². The molecule has 1 fully saturated rings. The van der Waals surface area contributed by atoms with Gasteiger partial charge in [-0.2, -0.15) is 0 Å². The Hall–Kier alpha value is 1.03. The minimum Gasteiger partial charge on any atom is -0.550 e. The third kappa shape index (κ3) is 5.29. The molecule has 1 aliphatic heterocycles. The van der Waals surface area contributed by atoms with Gasteiger partial charge in [0.1, 0.15) is 0 Å². The van der Waals surface area contributed by atoms with Crippen molar-refractivity contribution in [1.82, 2.24) is 0 Å². The zero-order valence-corrected chi connectivity index (χ0v) is 9.66. The van der Waals surface area contributed by atoms with Crippen molar-refractivity contribution in [3.8, 4) is 0 Å². The van der Waals surface area contributed by atoms with Gasteiger partial charge in [-0.05, 0) is 6.42 Å². The topological polar surface area (TPSA) is 58.6 Å². The maximum absolute atomic E-state index is 10.00. The average molecular weight is 184 g/mol. The Morgan fingerprint density at radius 2 is 2.00 bits per heavy atom. The first-order valence-corrected chi connectivity index (χ1v) is 3.22. The van der Waals surface area contributed by atoms with Crippen LogP contribution in [-0.2, 0) is 14.3 Å². The molecule has 1 aliphatic rings. The number of carboxylic acids is 1. The fraction of sp³-hybridized carbons (Fsp3) is 0.833. The van der Waals surface area contributed by atoms with Gasteiger partial charge < -0.3 is 19.4 Å². The first kappa shape index (κ1) is 12.0. The maximum Gasteiger partial charge on any atom is 1.00 e. The Balaban J connectivity index is 0.000001000. The summed E-state index contributed by atoms with van der Waals surface area (Å²) >= 11 is 0. The SMILES string of the molecule is O=C([O-])CC1OCCCO1.[K+]. The molecular formula is C6H9KO4. The molecule has 0 aromatic carbocycles. The second-order valence-corrected chi connectivity index (χ2v) is 2.10. The summed E-state index contributed by atoms with van der Waals surface area (Å²) in [5.74, 6) is -1.13. The summed E-state index contributed by atoms with van der Waals surface area (Å²) in [6.07, 6.45) is 0.0857. The van der Waals surface area contributed by atoms with Gasteiger partial charge in [0, 0.05) is 12.4 Å². The van der Waals surface area contributed by atoms with Gasteiger partial charge in [0.15, 0.2) is 6.29 Å². The second-order valence-electron chi connectivity index (χ2n) is 2.10. The van der Waals surface area contributed by atoms with Crippen molar-refractivity contribution in [2.75, 3.05) is 13.2 Å². The molecule has 1 rings (SSSR count). The van der Waals surface area contributed by atoms with E-state index in [1.54, 1.807) is 0 Å². The molecule has 4 nitrogen and oxygen atoms in total. The van der Waals surface area contributed by atoms with Crippen LogP contribution in [-0.4, -0.2) is 25.5 Å². The molecule has 0 radical (unpaired) electrons. The van der Waals surface area contributed by atoms with E-state index in [-0.39, 0.29) is 57.8 Å². The van der Waals surface area contributed by atoms with E-state index in [1.165, 1.54) is 0 Å². The van der Waals surface area contributed by atoms with E-state index in [1.807, 2.05) is 0 Å². The minimum atomic E-state index is -1.13. The van der Waals surface area contributed by atoms with Crippen molar-refractivity contribution in [3.63, 3.8) is 0 Å². The van der Waals surface area contributed by atoms with Crippen LogP contribution in [0.25, 0.3) is 0 Å². The van der Waals surface area contributed by atoms with E-state index >= 15 is 0 Å². The van der Waals surface area contributed by atoms with E-state index in [0.29, 0.717) is 13.2 Å². The molecular weight excluding hydrogens is 175 g/mol. The molecule has 11 heavy (non-hydrogen) atoms. The number of rotatable bonds is 2. The van der Waals surface area contributed by atoms with E-state index in [9.17, 15) is 9.90 Å². The largest absolute Gasteiger partial charge is 1.00 e. The predicted molar refractivity (Wildman–Crippen MR) is 29.9 cm³/mol. The zero-order chi connectivity index (χ0) is 7.40. The van der Waals surface area contributed by atoms with Crippen LogP contribution in [0.4, 0.5) is 0 Å². The maximum atomic E-state index is 10.00. The second kappa shape index (κ2) is 6.53. The average Bonchev–Trinajstić information content (AvgIpc) is 1.88. The van der Waals surface area contributed by atoms with Crippen LogP contribution in [0.3, 0.4) is 0 Å². The molecule has 0 aliphatic carbocycles. The van der Waals surface area contributed by atoms with Crippen molar-refractivity contribution in [1.29, 1.82) is 0 Å². The van der Waals surface area contributed by atoms with E-state index in [0.717, 1.165) is 6.42 Å². The van der Waals surface area contributed by atoms with Gasteiger partial charge in [0.05, 0.1) is 13.2 Å². The van der Waals surface area contributed by atoms with Crippen molar-refractivity contribution >= 4 is 5.97 Å². The first-order chi connectivity index (χ1) is 4.79. The van der Waals surface area contributed by atoms with Gasteiger partial charge in [-0.1, -0.05) is 0 Å².